The lowest BCUT2D eigenvalue weighted by molar-refractivity contribution is -0.157. The molecule has 1 aromatic rings. The molecule has 0 spiro atoms. The molecule has 1 amide bonds. The molecule has 0 saturated heterocycles. The van der Waals surface area contributed by atoms with Crippen LogP contribution in [0, 0.1) is 0 Å². The zero-order chi connectivity index (χ0) is 16.2. The normalized spacial score (nSPS) is 11.1. The van der Waals surface area contributed by atoms with Crippen LogP contribution in [0.1, 0.15) is 20.8 Å². The molecule has 0 aliphatic heterocycles. The third kappa shape index (κ3) is 4.35. The van der Waals surface area contributed by atoms with E-state index >= 15 is 0 Å². The summed E-state index contributed by atoms with van der Waals surface area (Å²) in [6, 6.07) is 5.03. The largest absolute Gasteiger partial charge is 0.482 e. The summed E-state index contributed by atoms with van der Waals surface area (Å²) in [6.45, 7) is 4.67. The van der Waals surface area contributed by atoms with Crippen LogP contribution in [-0.4, -0.2) is 40.6 Å². The van der Waals surface area contributed by atoms with Crippen LogP contribution in [0.5, 0.6) is 5.75 Å². The van der Waals surface area contributed by atoms with Crippen LogP contribution in [0.15, 0.2) is 22.7 Å². The minimum absolute atomic E-state index is 0.272. The van der Waals surface area contributed by atoms with Gasteiger partial charge in [-0.3, -0.25) is 4.79 Å². The van der Waals surface area contributed by atoms with Gasteiger partial charge < -0.3 is 14.7 Å². The predicted molar refractivity (Wildman–Crippen MR) is 83.7 cm³/mol. The van der Waals surface area contributed by atoms with Gasteiger partial charge in [-0.2, -0.15) is 0 Å². The molecule has 0 fully saturated rings. The lowest BCUT2D eigenvalue weighted by Crippen LogP contribution is -2.54. The molecule has 0 atom stereocenters. The average molecular weight is 379 g/mol. The number of halogens is 2. The molecule has 0 saturated carbocycles. The number of amides is 1. The van der Waals surface area contributed by atoms with Crippen molar-refractivity contribution in [3.63, 3.8) is 0 Å². The fourth-order valence-corrected chi connectivity index (χ4v) is 2.54. The van der Waals surface area contributed by atoms with E-state index in [4.69, 9.17) is 16.3 Å². The van der Waals surface area contributed by atoms with Crippen molar-refractivity contribution in [2.75, 3.05) is 13.2 Å². The summed E-state index contributed by atoms with van der Waals surface area (Å²) in [6.07, 6.45) is 0. The van der Waals surface area contributed by atoms with E-state index in [9.17, 15) is 14.7 Å². The molecule has 0 radical (unpaired) electrons. The van der Waals surface area contributed by atoms with Crippen LogP contribution in [0.2, 0.25) is 5.02 Å². The van der Waals surface area contributed by atoms with Crippen molar-refractivity contribution >= 4 is 39.4 Å². The SMILES string of the molecule is CCN(C(=O)COc1ccc(Br)cc1Cl)C(C)(C)C(=O)O. The third-order valence-corrected chi connectivity index (χ3v) is 3.85. The molecular formula is C14H17BrClNO4. The molecule has 0 unspecified atom stereocenters. The number of nitrogens with zero attached hydrogens (tertiary/aromatic N) is 1. The summed E-state index contributed by atoms with van der Waals surface area (Å²) in [7, 11) is 0. The Kier molecular flexibility index (Phi) is 6.04. The van der Waals surface area contributed by atoms with Gasteiger partial charge >= 0.3 is 5.97 Å². The minimum Gasteiger partial charge on any atom is -0.482 e. The predicted octanol–water partition coefficient (Wildman–Crippen LogP) is 3.19. The maximum atomic E-state index is 12.2. The number of benzene rings is 1. The zero-order valence-corrected chi connectivity index (χ0v) is 14.4. The first-order valence-electron chi connectivity index (χ1n) is 6.31. The van der Waals surface area contributed by atoms with Gasteiger partial charge in [-0.05, 0) is 39.0 Å². The molecule has 0 bridgehead atoms. The molecule has 0 aromatic heterocycles. The van der Waals surface area contributed by atoms with Gasteiger partial charge in [-0.25, -0.2) is 4.79 Å². The van der Waals surface area contributed by atoms with Crippen LogP contribution in [0.25, 0.3) is 0 Å². The van der Waals surface area contributed by atoms with Gasteiger partial charge in [0.15, 0.2) is 6.61 Å². The standard InChI is InChI=1S/C14H17BrClNO4/c1-4-17(14(2,3)13(19)20)12(18)8-21-11-6-5-9(15)7-10(11)16/h5-7H,4,8H2,1-3H3,(H,19,20). The topological polar surface area (TPSA) is 66.8 Å². The summed E-state index contributed by atoms with van der Waals surface area (Å²) in [5, 5.41) is 9.56. The number of rotatable bonds is 6. The Hall–Kier alpha value is -1.27. The molecular weight excluding hydrogens is 362 g/mol. The number of hydrogen-bond acceptors (Lipinski definition) is 3. The van der Waals surface area contributed by atoms with E-state index in [1.54, 1.807) is 25.1 Å². The van der Waals surface area contributed by atoms with Crippen LogP contribution < -0.4 is 4.74 Å². The highest BCUT2D eigenvalue weighted by Crippen LogP contribution is 2.27. The molecule has 1 rings (SSSR count). The fraction of sp³-hybridized carbons (Fsp3) is 0.429. The van der Waals surface area contributed by atoms with Crippen LogP contribution in [-0.2, 0) is 9.59 Å². The number of carboxylic acid groups (broad SMARTS) is 1. The van der Waals surface area contributed by atoms with Crippen molar-refractivity contribution in [1.82, 2.24) is 4.90 Å². The number of carboxylic acids is 1. The Morgan fingerprint density at radius 1 is 1.43 bits per heavy atom. The molecule has 0 aliphatic rings. The van der Waals surface area contributed by atoms with E-state index in [1.807, 2.05) is 0 Å². The quantitative estimate of drug-likeness (QED) is 0.825. The Bertz CT molecular complexity index is 548. The summed E-state index contributed by atoms with van der Waals surface area (Å²) in [5.74, 6) is -1.11. The maximum Gasteiger partial charge on any atom is 0.329 e. The zero-order valence-electron chi connectivity index (χ0n) is 12.0. The van der Waals surface area contributed by atoms with Gasteiger partial charge in [-0.1, -0.05) is 27.5 Å². The van der Waals surface area contributed by atoms with E-state index in [0.717, 1.165) is 4.47 Å². The van der Waals surface area contributed by atoms with Gasteiger partial charge in [-0.15, -0.1) is 0 Å². The highest BCUT2D eigenvalue weighted by molar-refractivity contribution is 9.10. The van der Waals surface area contributed by atoms with Crippen LogP contribution in [0.3, 0.4) is 0 Å². The monoisotopic (exact) mass is 377 g/mol. The fourth-order valence-electron chi connectivity index (χ4n) is 1.81. The van der Waals surface area contributed by atoms with Gasteiger partial charge in [0.2, 0.25) is 0 Å². The number of ether oxygens (including phenoxy) is 1. The minimum atomic E-state index is -1.29. The summed E-state index contributed by atoms with van der Waals surface area (Å²) >= 11 is 9.27. The molecule has 116 valence electrons. The van der Waals surface area contributed by atoms with E-state index in [0.29, 0.717) is 10.8 Å². The Morgan fingerprint density at radius 3 is 2.52 bits per heavy atom. The number of aliphatic carboxylic acids is 1. The number of likely N-dealkylation sites (N-methyl/N-ethyl adjacent to an activating group) is 1. The lowest BCUT2D eigenvalue weighted by Gasteiger charge is -2.34. The van der Waals surface area contributed by atoms with E-state index in [1.165, 1.54) is 18.7 Å². The molecule has 1 N–H and O–H groups in total. The first-order chi connectivity index (χ1) is 9.70. The second kappa shape index (κ2) is 7.13. The summed E-state index contributed by atoms with van der Waals surface area (Å²) in [4.78, 5) is 24.6. The van der Waals surface area contributed by atoms with Crippen LogP contribution >= 0.6 is 27.5 Å². The van der Waals surface area contributed by atoms with Gasteiger partial charge in [0.1, 0.15) is 11.3 Å². The molecule has 21 heavy (non-hydrogen) atoms. The summed E-state index contributed by atoms with van der Waals surface area (Å²) < 4.78 is 6.17. The number of hydrogen-bond donors (Lipinski definition) is 1. The van der Waals surface area contributed by atoms with Gasteiger partial charge in [0.25, 0.3) is 5.91 Å². The second-order valence-corrected chi connectivity index (χ2v) is 6.19. The first kappa shape index (κ1) is 17.8. The Balaban J connectivity index is 2.78. The third-order valence-electron chi connectivity index (χ3n) is 3.06. The van der Waals surface area contributed by atoms with E-state index < -0.39 is 17.4 Å². The Labute approximate surface area is 137 Å². The van der Waals surface area contributed by atoms with Crippen LogP contribution in [0.4, 0.5) is 0 Å². The lowest BCUT2D eigenvalue weighted by atomic mass is 10.0. The summed E-state index contributed by atoms with van der Waals surface area (Å²) in [5.41, 5.74) is -1.29. The first-order valence-corrected chi connectivity index (χ1v) is 7.49. The van der Waals surface area contributed by atoms with E-state index in [2.05, 4.69) is 15.9 Å². The van der Waals surface area contributed by atoms with Crippen molar-refractivity contribution in [2.24, 2.45) is 0 Å². The smallest absolute Gasteiger partial charge is 0.329 e. The van der Waals surface area contributed by atoms with Crippen molar-refractivity contribution in [2.45, 2.75) is 26.3 Å². The molecule has 5 nitrogen and oxygen atoms in total. The van der Waals surface area contributed by atoms with E-state index in [-0.39, 0.29) is 13.2 Å². The number of carbonyl (C=O) groups is 2. The van der Waals surface area contributed by atoms with Gasteiger partial charge in [0, 0.05) is 11.0 Å². The molecule has 7 heteroatoms. The molecule has 1 aromatic carbocycles. The van der Waals surface area contributed by atoms with Crippen molar-refractivity contribution in [3.8, 4) is 5.75 Å². The second-order valence-electron chi connectivity index (χ2n) is 4.87. The van der Waals surface area contributed by atoms with Gasteiger partial charge in [0.05, 0.1) is 5.02 Å². The highest BCUT2D eigenvalue weighted by Gasteiger charge is 2.36. The highest BCUT2D eigenvalue weighted by atomic mass is 79.9. The maximum absolute atomic E-state index is 12.2. The molecule has 0 aliphatic carbocycles. The molecule has 0 heterocycles. The van der Waals surface area contributed by atoms with Crippen molar-refractivity contribution < 1.29 is 19.4 Å². The average Bonchev–Trinajstić information content (AvgIpc) is 2.38. The Morgan fingerprint density at radius 2 is 2.05 bits per heavy atom. The van der Waals surface area contributed by atoms with Crippen molar-refractivity contribution in [3.05, 3.63) is 27.7 Å². The number of carbonyl (C=O) groups excluding carboxylic acids is 1. The van der Waals surface area contributed by atoms with Crippen molar-refractivity contribution in [1.29, 1.82) is 0 Å².